The summed E-state index contributed by atoms with van der Waals surface area (Å²) in [4.78, 5) is 9.55. The topological polar surface area (TPSA) is 37.8 Å². The van der Waals surface area contributed by atoms with E-state index in [0.717, 1.165) is 38.0 Å². The van der Waals surface area contributed by atoms with Gasteiger partial charge in [-0.1, -0.05) is 6.07 Å². The van der Waals surface area contributed by atoms with Crippen LogP contribution in [0, 0.1) is 5.92 Å². The van der Waals surface area contributed by atoms with E-state index in [-0.39, 0.29) is 5.60 Å². The second-order valence-corrected chi connectivity index (χ2v) is 8.44. The molecule has 3 aliphatic heterocycles. The lowest BCUT2D eigenvalue weighted by molar-refractivity contribution is -0.0490. The van der Waals surface area contributed by atoms with Crippen molar-refractivity contribution < 1.29 is 9.47 Å². The van der Waals surface area contributed by atoms with E-state index in [1.165, 1.54) is 51.7 Å². The van der Waals surface area contributed by atoms with Crippen LogP contribution in [0.5, 0.6) is 0 Å². The van der Waals surface area contributed by atoms with Crippen molar-refractivity contribution in [3.8, 4) is 0 Å². The Morgan fingerprint density at radius 3 is 2.77 bits per heavy atom. The molecule has 26 heavy (non-hydrogen) atoms. The van der Waals surface area contributed by atoms with Crippen molar-refractivity contribution in [2.45, 2.75) is 50.3 Å². The van der Waals surface area contributed by atoms with Gasteiger partial charge in [-0.15, -0.1) is 0 Å². The number of ether oxygens (including phenoxy) is 2. The highest BCUT2D eigenvalue weighted by atomic mass is 16.5. The first-order valence-corrected chi connectivity index (χ1v) is 10.3. The van der Waals surface area contributed by atoms with E-state index >= 15 is 0 Å². The molecular formula is C21H33N3O2. The second-order valence-electron chi connectivity index (χ2n) is 8.44. The fourth-order valence-corrected chi connectivity index (χ4v) is 4.77. The summed E-state index contributed by atoms with van der Waals surface area (Å²) in [6.45, 7) is 7.31. The van der Waals surface area contributed by atoms with Crippen molar-refractivity contribution in [2.75, 3.05) is 46.5 Å². The summed E-state index contributed by atoms with van der Waals surface area (Å²) in [6.07, 6.45) is 7.89. The molecule has 0 bridgehead atoms. The Balaban J connectivity index is 1.24. The molecule has 1 spiro atoms. The zero-order chi connectivity index (χ0) is 17.8. The van der Waals surface area contributed by atoms with Crippen LogP contribution in [0.3, 0.4) is 0 Å². The van der Waals surface area contributed by atoms with Crippen molar-refractivity contribution in [3.63, 3.8) is 0 Å². The minimum atomic E-state index is 0.120. The predicted octanol–water partition coefficient (Wildman–Crippen LogP) is 2.56. The average molecular weight is 360 g/mol. The molecule has 5 nitrogen and oxygen atoms in total. The summed E-state index contributed by atoms with van der Waals surface area (Å²) in [5, 5.41) is 0. The first-order chi connectivity index (χ1) is 12.7. The van der Waals surface area contributed by atoms with Crippen LogP contribution in [0.4, 0.5) is 0 Å². The molecule has 1 aromatic heterocycles. The Kier molecular flexibility index (Phi) is 5.89. The van der Waals surface area contributed by atoms with Crippen molar-refractivity contribution in [3.05, 3.63) is 30.1 Å². The lowest BCUT2D eigenvalue weighted by Gasteiger charge is -2.40. The van der Waals surface area contributed by atoms with Crippen molar-refractivity contribution in [2.24, 2.45) is 5.92 Å². The number of likely N-dealkylation sites (tertiary alicyclic amines) is 1. The molecule has 3 fully saturated rings. The molecular weight excluding hydrogens is 326 g/mol. The first-order valence-electron chi connectivity index (χ1n) is 10.3. The quantitative estimate of drug-likeness (QED) is 0.808. The van der Waals surface area contributed by atoms with Crippen LogP contribution in [0.25, 0.3) is 0 Å². The average Bonchev–Trinajstić information content (AvgIpc) is 3.10. The highest BCUT2D eigenvalue weighted by Gasteiger charge is 2.43. The highest BCUT2D eigenvalue weighted by molar-refractivity contribution is 5.04. The van der Waals surface area contributed by atoms with E-state index in [1.54, 1.807) is 0 Å². The molecule has 0 aliphatic carbocycles. The molecule has 0 amide bonds. The molecule has 5 heteroatoms. The van der Waals surface area contributed by atoms with Crippen LogP contribution in [-0.2, 0) is 16.0 Å². The van der Waals surface area contributed by atoms with E-state index in [4.69, 9.17) is 9.47 Å². The number of piperidine rings is 1. The smallest absolute Gasteiger partial charge is 0.0723 e. The largest absolute Gasteiger partial charge is 0.381 e. The Labute approximate surface area is 157 Å². The standard InChI is InChI=1S/C21H33N3O2/c1-23(16-19-4-2-3-9-22-19)20-14-21(26-17-20)7-10-24(11-8-21)15-18-5-12-25-13-6-18/h2-4,9,18,20H,5-8,10-17H2,1H3. The number of rotatable bonds is 5. The van der Waals surface area contributed by atoms with Crippen LogP contribution >= 0.6 is 0 Å². The van der Waals surface area contributed by atoms with E-state index < -0.39 is 0 Å². The van der Waals surface area contributed by atoms with E-state index in [2.05, 4.69) is 34.0 Å². The Bertz CT molecular complexity index is 554. The van der Waals surface area contributed by atoms with E-state index in [9.17, 15) is 0 Å². The lowest BCUT2D eigenvalue weighted by Crippen LogP contribution is -2.46. The molecule has 1 aromatic rings. The number of aromatic nitrogens is 1. The SMILES string of the molecule is CN(Cc1ccccn1)C1COC2(CCN(CC3CCOCC3)CC2)C1. The molecule has 0 radical (unpaired) electrons. The maximum absolute atomic E-state index is 6.38. The first kappa shape index (κ1) is 18.4. The number of hydrogen-bond donors (Lipinski definition) is 0. The Morgan fingerprint density at radius 2 is 2.04 bits per heavy atom. The van der Waals surface area contributed by atoms with Gasteiger partial charge in [0.15, 0.2) is 0 Å². The molecule has 3 saturated heterocycles. The van der Waals surface area contributed by atoms with Gasteiger partial charge >= 0.3 is 0 Å². The molecule has 0 aromatic carbocycles. The van der Waals surface area contributed by atoms with Gasteiger partial charge in [0.05, 0.1) is 17.9 Å². The summed E-state index contributed by atoms with van der Waals surface area (Å²) < 4.78 is 11.9. The summed E-state index contributed by atoms with van der Waals surface area (Å²) in [6, 6.07) is 6.66. The number of likely N-dealkylation sites (N-methyl/N-ethyl adjacent to an activating group) is 1. The second kappa shape index (κ2) is 8.34. The molecule has 4 rings (SSSR count). The van der Waals surface area contributed by atoms with Crippen molar-refractivity contribution in [1.82, 2.24) is 14.8 Å². The normalized spacial score (nSPS) is 27.4. The molecule has 0 saturated carbocycles. The van der Waals surface area contributed by atoms with E-state index in [1.807, 2.05) is 12.3 Å². The van der Waals surface area contributed by atoms with Crippen LogP contribution in [0.15, 0.2) is 24.4 Å². The molecule has 3 aliphatic rings. The van der Waals surface area contributed by atoms with Gasteiger partial charge in [-0.3, -0.25) is 9.88 Å². The monoisotopic (exact) mass is 359 g/mol. The zero-order valence-corrected chi connectivity index (χ0v) is 16.1. The maximum Gasteiger partial charge on any atom is 0.0723 e. The third kappa shape index (κ3) is 4.45. The highest BCUT2D eigenvalue weighted by Crippen LogP contribution is 2.38. The molecule has 0 N–H and O–H groups in total. The third-order valence-corrected chi connectivity index (χ3v) is 6.57. The minimum absolute atomic E-state index is 0.120. The van der Waals surface area contributed by atoms with Gasteiger partial charge in [-0.05, 0) is 57.2 Å². The predicted molar refractivity (Wildman–Crippen MR) is 102 cm³/mol. The van der Waals surface area contributed by atoms with Crippen LogP contribution in [0.1, 0.15) is 37.8 Å². The van der Waals surface area contributed by atoms with Gasteiger partial charge in [-0.25, -0.2) is 0 Å². The van der Waals surface area contributed by atoms with Crippen LogP contribution in [-0.4, -0.2) is 72.9 Å². The van der Waals surface area contributed by atoms with Gasteiger partial charge in [0.2, 0.25) is 0 Å². The van der Waals surface area contributed by atoms with Gasteiger partial charge < -0.3 is 14.4 Å². The summed E-state index contributed by atoms with van der Waals surface area (Å²) in [5.41, 5.74) is 1.26. The number of hydrogen-bond acceptors (Lipinski definition) is 5. The fraction of sp³-hybridized carbons (Fsp3) is 0.762. The van der Waals surface area contributed by atoms with Gasteiger partial charge in [0.25, 0.3) is 0 Å². The lowest BCUT2D eigenvalue weighted by atomic mass is 9.86. The van der Waals surface area contributed by atoms with Crippen LogP contribution < -0.4 is 0 Å². The Morgan fingerprint density at radius 1 is 1.23 bits per heavy atom. The molecule has 1 atom stereocenters. The molecule has 4 heterocycles. The van der Waals surface area contributed by atoms with Gasteiger partial charge in [0, 0.05) is 51.6 Å². The maximum atomic E-state index is 6.38. The van der Waals surface area contributed by atoms with Gasteiger partial charge in [-0.2, -0.15) is 0 Å². The van der Waals surface area contributed by atoms with Crippen molar-refractivity contribution in [1.29, 1.82) is 0 Å². The zero-order valence-electron chi connectivity index (χ0n) is 16.1. The minimum Gasteiger partial charge on any atom is -0.381 e. The number of nitrogens with zero attached hydrogens (tertiary/aromatic N) is 3. The van der Waals surface area contributed by atoms with Gasteiger partial charge in [0.1, 0.15) is 0 Å². The van der Waals surface area contributed by atoms with Crippen LogP contribution in [0.2, 0.25) is 0 Å². The summed E-state index contributed by atoms with van der Waals surface area (Å²) in [5.74, 6) is 0.833. The number of pyridine rings is 1. The third-order valence-electron chi connectivity index (χ3n) is 6.57. The molecule has 1 unspecified atom stereocenters. The Hall–Kier alpha value is -1.01. The van der Waals surface area contributed by atoms with Crippen molar-refractivity contribution >= 4 is 0 Å². The molecule has 144 valence electrons. The van der Waals surface area contributed by atoms with E-state index in [0.29, 0.717) is 6.04 Å². The summed E-state index contributed by atoms with van der Waals surface area (Å²) >= 11 is 0. The fourth-order valence-electron chi connectivity index (χ4n) is 4.77. The summed E-state index contributed by atoms with van der Waals surface area (Å²) in [7, 11) is 2.21.